The summed E-state index contributed by atoms with van der Waals surface area (Å²) in [4.78, 5) is 14.2. The summed E-state index contributed by atoms with van der Waals surface area (Å²) in [5.41, 5.74) is 17.2. The van der Waals surface area contributed by atoms with Crippen molar-refractivity contribution >= 4 is 5.57 Å². The molecule has 238 valence electrons. The molecule has 0 unspecified atom stereocenters. The number of rotatable bonds is 6. The van der Waals surface area contributed by atoms with Gasteiger partial charge in [0.2, 0.25) is 0 Å². The molecule has 0 atom stereocenters. The van der Waals surface area contributed by atoms with Gasteiger partial charge in [-0.15, -0.1) is 0 Å². The predicted octanol–water partition coefficient (Wildman–Crippen LogP) is 11.8. The minimum absolute atomic E-state index is 0.677. The second-order valence-corrected chi connectivity index (χ2v) is 13.1. The van der Waals surface area contributed by atoms with Crippen molar-refractivity contribution < 1.29 is 0 Å². The Hall–Kier alpha value is -6.19. The lowest BCUT2D eigenvalue weighted by molar-refractivity contribution is 0.992. The van der Waals surface area contributed by atoms with Gasteiger partial charge in [-0.25, -0.2) is 15.0 Å². The zero-order valence-corrected chi connectivity index (χ0v) is 28.0. The van der Waals surface area contributed by atoms with E-state index in [4.69, 9.17) is 9.97 Å². The average molecular weight is 642 g/mol. The second kappa shape index (κ2) is 12.7. The lowest BCUT2D eigenvalue weighted by Gasteiger charge is -2.20. The molecular weight excluding hydrogens is 607 g/mol. The fourth-order valence-corrected chi connectivity index (χ4v) is 7.42. The van der Waals surface area contributed by atoms with Crippen LogP contribution < -0.4 is 0 Å². The summed E-state index contributed by atoms with van der Waals surface area (Å²) in [5, 5.41) is 0. The van der Waals surface area contributed by atoms with Crippen LogP contribution in [0.5, 0.6) is 0 Å². The van der Waals surface area contributed by atoms with E-state index in [2.05, 4.69) is 132 Å². The number of benzene rings is 6. The molecule has 9 rings (SSSR count). The molecule has 50 heavy (non-hydrogen) atoms. The minimum Gasteiger partial charge on any atom is -0.213 e. The maximum Gasteiger partial charge on any atom is 0.163 e. The van der Waals surface area contributed by atoms with Crippen LogP contribution in [0.1, 0.15) is 35.4 Å². The van der Waals surface area contributed by atoms with Crippen LogP contribution >= 0.6 is 0 Å². The van der Waals surface area contributed by atoms with Crippen LogP contribution in [0.25, 0.3) is 72.9 Å². The van der Waals surface area contributed by atoms with Crippen molar-refractivity contribution in [2.45, 2.75) is 26.2 Å². The third-order valence-electron chi connectivity index (χ3n) is 9.87. The van der Waals surface area contributed by atoms with Crippen LogP contribution in [0.2, 0.25) is 0 Å². The first-order valence-electron chi connectivity index (χ1n) is 17.4. The second-order valence-electron chi connectivity index (χ2n) is 13.1. The molecule has 2 aliphatic rings. The van der Waals surface area contributed by atoms with E-state index in [0.29, 0.717) is 17.5 Å². The number of aryl methyl sites for hydroxylation is 1. The first kappa shape index (κ1) is 29.9. The normalized spacial score (nSPS) is 13.1. The van der Waals surface area contributed by atoms with Gasteiger partial charge in [-0.3, -0.25) is 0 Å². The van der Waals surface area contributed by atoms with Crippen LogP contribution in [0, 0.1) is 6.92 Å². The largest absolute Gasteiger partial charge is 0.213 e. The summed E-state index contributed by atoms with van der Waals surface area (Å²) < 4.78 is 0. The minimum atomic E-state index is 0.677. The van der Waals surface area contributed by atoms with E-state index in [1.165, 1.54) is 61.2 Å². The molecule has 3 nitrogen and oxygen atoms in total. The van der Waals surface area contributed by atoms with Crippen LogP contribution in [0.4, 0.5) is 0 Å². The lowest BCUT2D eigenvalue weighted by atomic mass is 9.83. The number of allylic oxidation sites excluding steroid dienone is 4. The van der Waals surface area contributed by atoms with Crippen molar-refractivity contribution in [3.8, 4) is 67.3 Å². The molecule has 0 spiro atoms. The van der Waals surface area contributed by atoms with Crippen molar-refractivity contribution in [3.05, 3.63) is 180 Å². The number of aromatic nitrogens is 3. The first-order valence-corrected chi connectivity index (χ1v) is 17.4. The van der Waals surface area contributed by atoms with E-state index in [-0.39, 0.29) is 0 Å². The predicted molar refractivity (Wildman–Crippen MR) is 206 cm³/mol. The monoisotopic (exact) mass is 641 g/mol. The Morgan fingerprint density at radius 1 is 0.440 bits per heavy atom. The van der Waals surface area contributed by atoms with Gasteiger partial charge in [0.05, 0.1) is 0 Å². The Kier molecular flexibility index (Phi) is 7.59. The lowest BCUT2D eigenvalue weighted by Crippen LogP contribution is -1.99. The summed E-state index contributed by atoms with van der Waals surface area (Å²) in [5.74, 6) is 2.07. The van der Waals surface area contributed by atoms with Crippen LogP contribution in [-0.4, -0.2) is 15.0 Å². The van der Waals surface area contributed by atoms with Gasteiger partial charge in [0.25, 0.3) is 0 Å². The molecule has 3 heteroatoms. The van der Waals surface area contributed by atoms with E-state index in [1.807, 2.05) is 37.3 Å². The Morgan fingerprint density at radius 2 is 1.02 bits per heavy atom. The maximum absolute atomic E-state index is 4.88. The number of nitrogens with zero attached hydrogens (tertiary/aromatic N) is 3. The molecule has 0 bridgehead atoms. The standard InChI is InChI=1S/C47H35N3/c1-31-48-46(35-17-9-4-10-18-35)50-47(49-31)36-23-21-33(22-24-36)43-29-40(32-13-5-2-6-14-32)30-44(45(43)34-15-7-3-8-16-34)39-26-25-38-27-37-19-11-12-20-41(37)42(38)28-39/h3-5,7-26,28-30H,2,6,27H2,1H3. The number of hydrogen-bond acceptors (Lipinski definition) is 3. The third kappa shape index (κ3) is 5.57. The highest BCUT2D eigenvalue weighted by molar-refractivity contribution is 5.98. The van der Waals surface area contributed by atoms with Crippen molar-refractivity contribution in [3.63, 3.8) is 0 Å². The van der Waals surface area contributed by atoms with E-state index in [1.54, 1.807) is 0 Å². The molecule has 7 aromatic rings. The molecule has 0 radical (unpaired) electrons. The highest BCUT2D eigenvalue weighted by Crippen LogP contribution is 2.45. The molecular formula is C47H35N3. The molecule has 0 saturated carbocycles. The van der Waals surface area contributed by atoms with Crippen molar-refractivity contribution in [1.29, 1.82) is 0 Å². The smallest absolute Gasteiger partial charge is 0.163 e. The SMILES string of the molecule is Cc1nc(-c2ccccc2)nc(-c2ccc(-c3cc(C4=CCCC=C4)cc(-c4ccc5c(c4)-c4ccccc4C5)c3-c3ccccc3)cc2)n1. The molecule has 0 saturated heterocycles. The Labute approximate surface area is 293 Å². The van der Waals surface area contributed by atoms with Gasteiger partial charge in [0.15, 0.2) is 11.6 Å². The van der Waals surface area contributed by atoms with Crippen molar-refractivity contribution in [2.75, 3.05) is 0 Å². The third-order valence-corrected chi connectivity index (χ3v) is 9.87. The van der Waals surface area contributed by atoms with Crippen molar-refractivity contribution in [2.24, 2.45) is 0 Å². The molecule has 1 heterocycles. The fourth-order valence-electron chi connectivity index (χ4n) is 7.42. The van der Waals surface area contributed by atoms with Gasteiger partial charge >= 0.3 is 0 Å². The highest BCUT2D eigenvalue weighted by Gasteiger charge is 2.22. The quantitative estimate of drug-likeness (QED) is 0.181. The van der Waals surface area contributed by atoms with Crippen molar-refractivity contribution in [1.82, 2.24) is 15.0 Å². The molecule has 0 amide bonds. The molecule has 0 fully saturated rings. The fraction of sp³-hybridized carbons (Fsp3) is 0.0851. The summed E-state index contributed by atoms with van der Waals surface area (Å²) in [6, 6.07) is 50.3. The van der Waals surface area contributed by atoms with Crippen LogP contribution in [-0.2, 0) is 6.42 Å². The van der Waals surface area contributed by atoms with Gasteiger partial charge in [-0.05, 0) is 111 Å². The molecule has 6 aromatic carbocycles. The van der Waals surface area contributed by atoms with Gasteiger partial charge in [0, 0.05) is 11.1 Å². The highest BCUT2D eigenvalue weighted by atomic mass is 15.0. The van der Waals surface area contributed by atoms with Gasteiger partial charge in [-0.2, -0.15) is 0 Å². The average Bonchev–Trinajstić information content (AvgIpc) is 3.56. The molecule has 0 N–H and O–H groups in total. The Bertz CT molecular complexity index is 2440. The summed E-state index contributed by atoms with van der Waals surface area (Å²) in [6.07, 6.45) is 10.1. The summed E-state index contributed by atoms with van der Waals surface area (Å²) in [6.45, 7) is 1.93. The van der Waals surface area contributed by atoms with Crippen LogP contribution in [0.15, 0.2) is 158 Å². The zero-order chi connectivity index (χ0) is 33.4. The Morgan fingerprint density at radius 3 is 1.74 bits per heavy atom. The maximum atomic E-state index is 4.88. The first-order chi connectivity index (χ1) is 24.7. The molecule has 0 aliphatic heterocycles. The van der Waals surface area contributed by atoms with E-state index >= 15 is 0 Å². The van der Waals surface area contributed by atoms with E-state index in [9.17, 15) is 0 Å². The number of hydrogen-bond donors (Lipinski definition) is 0. The summed E-state index contributed by atoms with van der Waals surface area (Å²) in [7, 11) is 0. The summed E-state index contributed by atoms with van der Waals surface area (Å²) >= 11 is 0. The molecule has 1 aromatic heterocycles. The van der Waals surface area contributed by atoms with Gasteiger partial charge in [0.1, 0.15) is 5.82 Å². The van der Waals surface area contributed by atoms with Gasteiger partial charge in [-0.1, -0.05) is 140 Å². The topological polar surface area (TPSA) is 38.7 Å². The van der Waals surface area contributed by atoms with Gasteiger partial charge < -0.3 is 0 Å². The van der Waals surface area contributed by atoms with E-state index < -0.39 is 0 Å². The number of fused-ring (bicyclic) bond motifs is 3. The molecule has 2 aliphatic carbocycles. The van der Waals surface area contributed by atoms with Crippen LogP contribution in [0.3, 0.4) is 0 Å². The Balaban J connectivity index is 1.22. The zero-order valence-electron chi connectivity index (χ0n) is 28.0. The van der Waals surface area contributed by atoms with E-state index in [0.717, 1.165) is 36.0 Å².